The van der Waals surface area contributed by atoms with Crippen LogP contribution in [0, 0.1) is 5.92 Å². The Morgan fingerprint density at radius 3 is 2.74 bits per heavy atom. The molecule has 2 rings (SSSR count). The van der Waals surface area contributed by atoms with Gasteiger partial charge in [0.15, 0.2) is 0 Å². The van der Waals surface area contributed by atoms with Gasteiger partial charge >= 0.3 is 10.2 Å². The Labute approximate surface area is 123 Å². The molecule has 1 unspecified atom stereocenters. The maximum atomic E-state index is 12.6. The minimum Gasteiger partial charge on any atom is -0.312 e. The van der Waals surface area contributed by atoms with Gasteiger partial charge in [-0.05, 0) is 34.1 Å². The summed E-state index contributed by atoms with van der Waals surface area (Å²) < 4.78 is 34.6. The van der Waals surface area contributed by atoms with Crippen molar-refractivity contribution in [2.45, 2.75) is 6.42 Å². The van der Waals surface area contributed by atoms with Gasteiger partial charge < -0.3 is 4.90 Å². The number of rotatable bonds is 3. The fourth-order valence-electron chi connectivity index (χ4n) is 2.08. The SMILES string of the molecule is O=C1CC(CS(=O)(=O)F)CN1c1ccc(Br)c(Cl)c1. The predicted molar refractivity (Wildman–Crippen MR) is 74.5 cm³/mol. The van der Waals surface area contributed by atoms with Crippen molar-refractivity contribution in [1.29, 1.82) is 0 Å². The van der Waals surface area contributed by atoms with Gasteiger partial charge in [-0.1, -0.05) is 11.6 Å². The Bertz CT molecular complexity index is 622. The van der Waals surface area contributed by atoms with E-state index < -0.39 is 21.9 Å². The Hall–Kier alpha value is -0.660. The molecule has 0 aliphatic carbocycles. The molecule has 0 aromatic heterocycles. The zero-order valence-electron chi connectivity index (χ0n) is 9.64. The van der Waals surface area contributed by atoms with Crippen LogP contribution in [0.25, 0.3) is 0 Å². The van der Waals surface area contributed by atoms with Crippen LogP contribution in [0.1, 0.15) is 6.42 Å². The van der Waals surface area contributed by atoms with E-state index in [2.05, 4.69) is 15.9 Å². The number of amides is 1. The second-order valence-electron chi connectivity index (χ2n) is 4.38. The fraction of sp³-hybridized carbons (Fsp3) is 0.364. The predicted octanol–water partition coefficient (Wildman–Crippen LogP) is 2.75. The highest BCUT2D eigenvalue weighted by Crippen LogP contribution is 2.31. The summed E-state index contributed by atoms with van der Waals surface area (Å²) in [5.74, 6) is -1.38. The second kappa shape index (κ2) is 5.38. The number of anilines is 1. The smallest absolute Gasteiger partial charge is 0.302 e. The van der Waals surface area contributed by atoms with Gasteiger partial charge in [-0.2, -0.15) is 8.42 Å². The molecule has 1 amide bonds. The van der Waals surface area contributed by atoms with E-state index in [1.807, 2.05) is 0 Å². The minimum atomic E-state index is -4.56. The van der Waals surface area contributed by atoms with Crippen LogP contribution in [0.15, 0.2) is 22.7 Å². The lowest BCUT2D eigenvalue weighted by Crippen LogP contribution is -2.25. The fourth-order valence-corrected chi connectivity index (χ4v) is 3.28. The van der Waals surface area contributed by atoms with Crippen LogP contribution < -0.4 is 4.90 Å². The number of hydrogen-bond acceptors (Lipinski definition) is 3. The highest BCUT2D eigenvalue weighted by molar-refractivity contribution is 9.10. The first-order valence-corrected chi connectivity index (χ1v) is 8.16. The minimum absolute atomic E-state index is 0.0246. The van der Waals surface area contributed by atoms with Crippen molar-refractivity contribution < 1.29 is 17.1 Å². The molecule has 1 fully saturated rings. The lowest BCUT2D eigenvalue weighted by atomic mass is 10.1. The quantitative estimate of drug-likeness (QED) is 0.769. The molecule has 1 atom stereocenters. The summed E-state index contributed by atoms with van der Waals surface area (Å²) in [4.78, 5) is 13.2. The van der Waals surface area contributed by atoms with Crippen molar-refractivity contribution in [3.63, 3.8) is 0 Å². The average molecular weight is 371 g/mol. The molecule has 1 aromatic carbocycles. The van der Waals surface area contributed by atoms with Gasteiger partial charge in [0.1, 0.15) is 0 Å². The number of hydrogen-bond donors (Lipinski definition) is 0. The van der Waals surface area contributed by atoms with Crippen LogP contribution in [-0.4, -0.2) is 26.6 Å². The third-order valence-corrected chi connectivity index (χ3v) is 4.96. The molecule has 1 aliphatic rings. The van der Waals surface area contributed by atoms with Gasteiger partial charge in [-0.25, -0.2) is 0 Å². The lowest BCUT2D eigenvalue weighted by molar-refractivity contribution is -0.117. The van der Waals surface area contributed by atoms with E-state index >= 15 is 0 Å². The molecule has 104 valence electrons. The summed E-state index contributed by atoms with van der Waals surface area (Å²) in [6.45, 7) is 0.181. The van der Waals surface area contributed by atoms with Crippen molar-refractivity contribution in [2.24, 2.45) is 5.92 Å². The standard InChI is InChI=1S/C11H10BrClFNO3S/c12-9-2-1-8(4-10(9)13)15-5-7(3-11(15)16)6-19(14,17)18/h1-2,4,7H,3,5-6H2. The molecule has 1 saturated heterocycles. The van der Waals surface area contributed by atoms with Crippen LogP contribution in [0.5, 0.6) is 0 Å². The van der Waals surface area contributed by atoms with E-state index in [9.17, 15) is 17.1 Å². The zero-order chi connectivity index (χ0) is 14.2. The molecule has 0 bridgehead atoms. The van der Waals surface area contributed by atoms with E-state index in [0.717, 1.165) is 0 Å². The summed E-state index contributed by atoms with van der Waals surface area (Å²) >= 11 is 9.18. The number of benzene rings is 1. The first-order valence-electron chi connectivity index (χ1n) is 5.44. The van der Waals surface area contributed by atoms with Crippen molar-refractivity contribution in [3.05, 3.63) is 27.7 Å². The Balaban J connectivity index is 2.18. The van der Waals surface area contributed by atoms with E-state index in [0.29, 0.717) is 15.2 Å². The third-order valence-electron chi connectivity index (χ3n) is 2.85. The van der Waals surface area contributed by atoms with E-state index in [1.165, 1.54) is 4.90 Å². The van der Waals surface area contributed by atoms with Crippen molar-refractivity contribution >= 4 is 49.3 Å². The average Bonchev–Trinajstić information content (AvgIpc) is 2.61. The topological polar surface area (TPSA) is 54.5 Å². The van der Waals surface area contributed by atoms with Gasteiger partial charge in [0.2, 0.25) is 5.91 Å². The summed E-state index contributed by atoms with van der Waals surface area (Å²) in [5, 5.41) is 0.451. The second-order valence-corrected chi connectivity index (χ2v) is 7.05. The summed E-state index contributed by atoms with van der Waals surface area (Å²) in [7, 11) is -4.56. The Morgan fingerprint density at radius 1 is 1.47 bits per heavy atom. The van der Waals surface area contributed by atoms with Gasteiger partial charge in [0.25, 0.3) is 0 Å². The Kier molecular flexibility index (Phi) is 4.17. The molecule has 19 heavy (non-hydrogen) atoms. The number of nitrogens with zero attached hydrogens (tertiary/aromatic N) is 1. The molecule has 1 aliphatic heterocycles. The summed E-state index contributed by atoms with van der Waals surface area (Å²) in [6, 6.07) is 5.00. The van der Waals surface area contributed by atoms with Crippen LogP contribution >= 0.6 is 27.5 Å². The first-order chi connectivity index (χ1) is 8.76. The number of carbonyl (C=O) groups excluding carboxylic acids is 1. The van der Waals surface area contributed by atoms with Crippen LogP contribution in [0.3, 0.4) is 0 Å². The van der Waals surface area contributed by atoms with Crippen LogP contribution in [0.2, 0.25) is 5.02 Å². The normalized spacial score (nSPS) is 20.1. The molecule has 1 heterocycles. The highest BCUT2D eigenvalue weighted by atomic mass is 79.9. The molecule has 1 aromatic rings. The van der Waals surface area contributed by atoms with E-state index in [1.54, 1.807) is 18.2 Å². The molecule has 0 radical (unpaired) electrons. The molecule has 0 N–H and O–H groups in total. The van der Waals surface area contributed by atoms with E-state index in [-0.39, 0.29) is 18.9 Å². The molecular weight excluding hydrogens is 361 g/mol. The number of carbonyl (C=O) groups is 1. The van der Waals surface area contributed by atoms with Crippen LogP contribution in [-0.2, 0) is 15.0 Å². The van der Waals surface area contributed by atoms with Gasteiger partial charge in [-0.3, -0.25) is 4.79 Å². The maximum absolute atomic E-state index is 12.6. The summed E-state index contributed by atoms with van der Waals surface area (Å²) in [6.07, 6.45) is 0.0246. The van der Waals surface area contributed by atoms with Crippen molar-refractivity contribution in [3.8, 4) is 0 Å². The molecule has 4 nitrogen and oxygen atoms in total. The first kappa shape index (κ1) is 14.7. The molecule has 0 saturated carbocycles. The van der Waals surface area contributed by atoms with Crippen molar-refractivity contribution in [1.82, 2.24) is 0 Å². The summed E-state index contributed by atoms with van der Waals surface area (Å²) in [5.41, 5.74) is 0.581. The van der Waals surface area contributed by atoms with Crippen molar-refractivity contribution in [2.75, 3.05) is 17.2 Å². The molecule has 8 heteroatoms. The molecule has 0 spiro atoms. The van der Waals surface area contributed by atoms with E-state index in [4.69, 9.17) is 11.6 Å². The van der Waals surface area contributed by atoms with Gasteiger partial charge in [0, 0.05) is 29.0 Å². The lowest BCUT2D eigenvalue weighted by Gasteiger charge is -2.17. The zero-order valence-corrected chi connectivity index (χ0v) is 12.8. The van der Waals surface area contributed by atoms with Gasteiger partial charge in [-0.15, -0.1) is 3.89 Å². The number of halogens is 3. The van der Waals surface area contributed by atoms with Crippen LogP contribution in [0.4, 0.5) is 9.57 Å². The monoisotopic (exact) mass is 369 g/mol. The maximum Gasteiger partial charge on any atom is 0.302 e. The molecular formula is C11H10BrClFNO3S. The van der Waals surface area contributed by atoms with Gasteiger partial charge in [0.05, 0.1) is 10.8 Å². The third kappa shape index (κ3) is 3.67. The highest BCUT2D eigenvalue weighted by Gasteiger charge is 2.33. The largest absolute Gasteiger partial charge is 0.312 e. The Morgan fingerprint density at radius 2 is 2.16 bits per heavy atom.